The summed E-state index contributed by atoms with van der Waals surface area (Å²) in [4.78, 5) is 48.5. The summed E-state index contributed by atoms with van der Waals surface area (Å²) >= 11 is 0. The van der Waals surface area contributed by atoms with Crippen LogP contribution >= 0.6 is 10.7 Å². The molecule has 1 saturated heterocycles. The predicted molar refractivity (Wildman–Crippen MR) is 235 cm³/mol. The third-order valence-electron chi connectivity index (χ3n) is 10.6. The summed E-state index contributed by atoms with van der Waals surface area (Å²) < 4.78 is 8.08. The second kappa shape index (κ2) is 19.6. The Bertz CT molecular complexity index is 2030. The Morgan fingerprint density at radius 1 is 0.807 bits per heavy atom. The van der Waals surface area contributed by atoms with Crippen LogP contribution < -0.4 is 15.5 Å². The molecule has 2 aliphatic rings. The molecule has 1 saturated carbocycles. The number of hydrogen-bond acceptors (Lipinski definition) is 7. The first-order valence-corrected chi connectivity index (χ1v) is 21.9. The molecule has 3 aromatic carbocycles. The molecule has 57 heavy (non-hydrogen) atoms. The third-order valence-corrected chi connectivity index (χ3v) is 12.9. The van der Waals surface area contributed by atoms with Gasteiger partial charge in [0.2, 0.25) is 0 Å². The Labute approximate surface area is 341 Å². The maximum absolute atomic E-state index is 14.0. The third kappa shape index (κ3) is 11.4. The number of hydrogen-bond donors (Lipinski definition) is 2. The molecule has 2 N–H and O–H groups in total. The molecule has 0 bridgehead atoms. The van der Waals surface area contributed by atoms with Crippen molar-refractivity contribution < 1.29 is 19.1 Å². The molecule has 1 unspecified atom stereocenters. The van der Waals surface area contributed by atoms with Crippen molar-refractivity contribution in [1.82, 2.24) is 9.29 Å². The number of nitrogens with zero attached hydrogens (tertiary/aromatic N) is 3. The fraction of sp³-hybridized carbons (Fsp3) is 0.426. The number of amides is 2. The second-order valence-corrected chi connectivity index (χ2v) is 18.1. The van der Waals surface area contributed by atoms with Crippen molar-refractivity contribution in [2.75, 3.05) is 35.2 Å². The van der Waals surface area contributed by atoms with Crippen LogP contribution in [0.25, 0.3) is 0 Å². The van der Waals surface area contributed by atoms with Crippen molar-refractivity contribution >= 4 is 51.0 Å². The van der Waals surface area contributed by atoms with Crippen molar-refractivity contribution in [3.63, 3.8) is 0 Å². The standard InChI is InChI=1S/C47H59N5O4S/c1-6-52(39-16-10-8-11-17-39)57(7-2)40-18-14-15-37(33-40)44(53)49-41-29-30-42(51-31-12-9-13-32-51)50-43(41)45(54)48-38-27-23-35(24-28-38)20-19-34-21-25-36(26-22-34)46(55)56-47(3,4)5/h7,14-15,18,21-30,33,39H,6,8-13,16-17,19-20,31-32H2,1-5H3,(H,48,54)(H,49,53). The predicted octanol–water partition coefficient (Wildman–Crippen LogP) is 10.3. The van der Waals surface area contributed by atoms with E-state index in [0.717, 1.165) is 67.2 Å². The highest BCUT2D eigenvalue weighted by molar-refractivity contribution is 8.13. The maximum atomic E-state index is 14.0. The van der Waals surface area contributed by atoms with Gasteiger partial charge < -0.3 is 20.3 Å². The lowest BCUT2D eigenvalue weighted by molar-refractivity contribution is 0.00692. The van der Waals surface area contributed by atoms with E-state index in [-0.39, 0.29) is 34.1 Å². The van der Waals surface area contributed by atoms with Crippen LogP contribution in [0, 0.1) is 0 Å². The number of rotatable bonds is 13. The normalized spacial score (nSPS) is 15.6. The van der Waals surface area contributed by atoms with E-state index >= 15 is 0 Å². The van der Waals surface area contributed by atoms with Crippen LogP contribution in [0.1, 0.15) is 128 Å². The van der Waals surface area contributed by atoms with Gasteiger partial charge in [0.25, 0.3) is 11.8 Å². The Morgan fingerprint density at radius 3 is 2.09 bits per heavy atom. The fourth-order valence-corrected chi connectivity index (χ4v) is 9.79. The van der Waals surface area contributed by atoms with Crippen molar-refractivity contribution in [3.05, 3.63) is 113 Å². The van der Waals surface area contributed by atoms with E-state index in [1.807, 2.05) is 99.6 Å². The number of benzene rings is 3. The van der Waals surface area contributed by atoms with Crippen LogP contribution in [0.5, 0.6) is 0 Å². The minimum Gasteiger partial charge on any atom is -0.456 e. The number of piperidine rings is 1. The van der Waals surface area contributed by atoms with Crippen LogP contribution in [0.4, 0.5) is 17.2 Å². The average Bonchev–Trinajstić information content (AvgIpc) is 3.22. The molecule has 1 aliphatic carbocycles. The molecule has 0 radical (unpaired) electrons. The SMILES string of the molecule is C/C=S(\c1cccc(C(=O)Nc2ccc(N3CCCCC3)nc2C(=O)Nc2ccc(CCc3ccc(C(=O)OC(C)(C)C)cc3)cc2)c1)N(CC)C1CCCCC1. The number of ether oxygens (including phenoxy) is 1. The molecule has 1 atom stereocenters. The Kier molecular flexibility index (Phi) is 14.4. The highest BCUT2D eigenvalue weighted by Crippen LogP contribution is 2.37. The highest BCUT2D eigenvalue weighted by atomic mass is 32.2. The summed E-state index contributed by atoms with van der Waals surface area (Å²) in [5.41, 5.74) is 3.97. The smallest absolute Gasteiger partial charge is 0.338 e. The summed E-state index contributed by atoms with van der Waals surface area (Å²) in [6.45, 7) is 12.6. The van der Waals surface area contributed by atoms with Crippen LogP contribution in [-0.2, 0) is 17.6 Å². The van der Waals surface area contributed by atoms with Gasteiger partial charge in [0.1, 0.15) is 11.4 Å². The van der Waals surface area contributed by atoms with Gasteiger partial charge >= 0.3 is 5.97 Å². The van der Waals surface area contributed by atoms with E-state index in [0.29, 0.717) is 28.5 Å². The molecule has 10 heteroatoms. The fourth-order valence-electron chi connectivity index (χ4n) is 7.70. The lowest BCUT2D eigenvalue weighted by Gasteiger charge is -2.36. The minimum absolute atomic E-state index is 0.178. The van der Waals surface area contributed by atoms with E-state index < -0.39 is 5.60 Å². The van der Waals surface area contributed by atoms with Gasteiger partial charge in [-0.1, -0.05) is 67.2 Å². The lowest BCUT2D eigenvalue weighted by atomic mass is 9.95. The molecule has 1 aliphatic heterocycles. The molecule has 4 aromatic rings. The zero-order chi connectivity index (χ0) is 40.4. The van der Waals surface area contributed by atoms with Crippen molar-refractivity contribution in [2.24, 2.45) is 0 Å². The molecule has 6 rings (SSSR count). The molecule has 2 heterocycles. The zero-order valence-corrected chi connectivity index (χ0v) is 35.1. The van der Waals surface area contributed by atoms with E-state index in [9.17, 15) is 14.4 Å². The summed E-state index contributed by atoms with van der Waals surface area (Å²) in [5, 5.41) is 8.35. The quantitative estimate of drug-likeness (QED) is 0.103. The van der Waals surface area contributed by atoms with Crippen LogP contribution in [0.2, 0.25) is 0 Å². The molecule has 302 valence electrons. The van der Waals surface area contributed by atoms with Gasteiger partial charge in [-0.25, -0.2) is 14.1 Å². The van der Waals surface area contributed by atoms with Crippen molar-refractivity contribution in [3.8, 4) is 0 Å². The van der Waals surface area contributed by atoms with Crippen molar-refractivity contribution in [2.45, 2.75) is 115 Å². The number of aromatic nitrogens is 1. The number of nitrogens with one attached hydrogen (secondary N) is 2. The molecule has 0 spiro atoms. The van der Waals surface area contributed by atoms with Crippen molar-refractivity contribution in [1.29, 1.82) is 0 Å². The summed E-state index contributed by atoms with van der Waals surface area (Å²) in [6.07, 6.45) is 11.2. The van der Waals surface area contributed by atoms with Crippen LogP contribution in [0.15, 0.2) is 89.8 Å². The number of aryl methyl sites for hydroxylation is 2. The Morgan fingerprint density at radius 2 is 1.46 bits per heavy atom. The maximum Gasteiger partial charge on any atom is 0.338 e. The van der Waals surface area contributed by atoms with E-state index in [4.69, 9.17) is 9.72 Å². The van der Waals surface area contributed by atoms with Gasteiger partial charge in [-0.15, -0.1) is 0 Å². The molecule has 1 aromatic heterocycles. The largest absolute Gasteiger partial charge is 0.456 e. The Hall–Kier alpha value is -4.80. The van der Waals surface area contributed by atoms with Gasteiger partial charge in [0.15, 0.2) is 5.69 Å². The summed E-state index contributed by atoms with van der Waals surface area (Å²) in [5.74, 6) is -0.252. The second-order valence-electron chi connectivity index (χ2n) is 16.0. The number of carbonyl (C=O) groups is 3. The van der Waals surface area contributed by atoms with Gasteiger partial charge in [0.05, 0.1) is 11.3 Å². The van der Waals surface area contributed by atoms with Crippen LogP contribution in [-0.4, -0.2) is 63.7 Å². The lowest BCUT2D eigenvalue weighted by Crippen LogP contribution is -2.32. The van der Waals surface area contributed by atoms with Gasteiger partial charge in [0, 0.05) is 41.8 Å². The van der Waals surface area contributed by atoms with Gasteiger partial charge in [-0.05, 0) is 144 Å². The van der Waals surface area contributed by atoms with E-state index in [1.54, 1.807) is 0 Å². The average molecular weight is 790 g/mol. The highest BCUT2D eigenvalue weighted by Gasteiger charge is 2.25. The first-order valence-electron chi connectivity index (χ1n) is 20.7. The number of anilines is 3. The Balaban J connectivity index is 1.15. The van der Waals surface area contributed by atoms with Gasteiger partial charge in [-0.3, -0.25) is 9.59 Å². The first kappa shape index (κ1) is 41.8. The van der Waals surface area contributed by atoms with Gasteiger partial charge in [-0.2, -0.15) is 0 Å². The summed E-state index contributed by atoms with van der Waals surface area (Å²) in [6, 6.07) is 27.5. The van der Waals surface area contributed by atoms with Crippen LogP contribution in [0.3, 0.4) is 0 Å². The topological polar surface area (TPSA) is 104 Å². The first-order chi connectivity index (χ1) is 27.5. The summed E-state index contributed by atoms with van der Waals surface area (Å²) in [7, 11) is -0.232. The monoisotopic (exact) mass is 789 g/mol. The number of esters is 1. The molecule has 2 amide bonds. The molecule has 9 nitrogen and oxygen atoms in total. The van der Waals surface area contributed by atoms with E-state index in [1.165, 1.54) is 38.5 Å². The number of carbonyl (C=O) groups excluding carboxylic acids is 3. The zero-order valence-electron chi connectivity index (χ0n) is 34.3. The molecular weight excluding hydrogens is 731 g/mol. The molecule has 2 fully saturated rings. The molecular formula is C47H59N5O4S. The van der Waals surface area contributed by atoms with E-state index in [2.05, 4.69) is 45.1 Å². The minimum atomic E-state index is -0.539. The number of pyridine rings is 1.